The van der Waals surface area contributed by atoms with Gasteiger partial charge in [-0.15, -0.1) is 11.3 Å². The quantitative estimate of drug-likeness (QED) is 0.176. The Hall–Kier alpha value is -7.14. The zero-order valence-corrected chi connectivity index (χ0v) is 31.0. The number of hydrogen-bond donors (Lipinski definition) is 0. The molecule has 0 amide bonds. The molecule has 3 aromatic heterocycles. The van der Waals surface area contributed by atoms with Crippen molar-refractivity contribution in [1.29, 1.82) is 0 Å². The highest BCUT2D eigenvalue weighted by atomic mass is 32.1. The lowest BCUT2D eigenvalue weighted by Gasteiger charge is -2.27. The molecule has 9 aromatic carbocycles. The molecule has 0 aliphatic rings. The smallest absolute Gasteiger partial charge is 0.143 e. The normalized spacial score (nSPS) is 11.9. The van der Waals surface area contributed by atoms with Crippen LogP contribution in [0.25, 0.3) is 91.5 Å². The van der Waals surface area contributed by atoms with Crippen LogP contribution in [0.1, 0.15) is 0 Å². The van der Waals surface area contributed by atoms with E-state index < -0.39 is 0 Å². The van der Waals surface area contributed by atoms with E-state index in [0.29, 0.717) is 0 Å². The highest BCUT2D eigenvalue weighted by Crippen LogP contribution is 2.47. The maximum absolute atomic E-state index is 7.01. The zero-order chi connectivity index (χ0) is 36.7. The molecule has 3 heterocycles. The number of furan rings is 1. The predicted molar refractivity (Wildman–Crippen MR) is 239 cm³/mol. The molecule has 0 spiro atoms. The third-order valence-corrected chi connectivity index (χ3v) is 12.5. The lowest BCUT2D eigenvalue weighted by Crippen LogP contribution is -2.10. The summed E-state index contributed by atoms with van der Waals surface area (Å²) in [6, 6.07) is 70.1. The maximum atomic E-state index is 7.01. The molecule has 0 aliphatic heterocycles. The van der Waals surface area contributed by atoms with Gasteiger partial charge in [0.05, 0.1) is 16.7 Å². The van der Waals surface area contributed by atoms with E-state index in [4.69, 9.17) is 4.42 Å². The Bertz CT molecular complexity index is 3480. The van der Waals surface area contributed by atoms with Crippen molar-refractivity contribution in [3.8, 4) is 16.8 Å². The first-order valence-corrected chi connectivity index (χ1v) is 19.8. The lowest BCUT2D eigenvalue weighted by atomic mass is 9.99. The van der Waals surface area contributed by atoms with Gasteiger partial charge < -0.3 is 13.9 Å². The van der Waals surface area contributed by atoms with E-state index in [2.05, 4.69) is 204 Å². The van der Waals surface area contributed by atoms with Crippen molar-refractivity contribution >= 4 is 103 Å². The molecule has 0 radical (unpaired) electrons. The monoisotopic (exact) mass is 732 g/mol. The van der Waals surface area contributed by atoms with Crippen LogP contribution in [0.3, 0.4) is 0 Å². The molecule has 0 atom stereocenters. The van der Waals surface area contributed by atoms with Gasteiger partial charge in [-0.05, 0) is 78.4 Å². The van der Waals surface area contributed by atoms with Crippen LogP contribution >= 0.6 is 11.3 Å². The summed E-state index contributed by atoms with van der Waals surface area (Å²) < 4.78 is 12.0. The number of fused-ring (bicyclic) bond motifs is 11. The standard InChI is InChI=1S/C52H32N2OS/c1-3-14-34(15-4-1)53(36-27-28-47-43(31-36)39-19-9-11-24-46(39)54(47)35-16-5-2-6-17-35)48-32-45-42-23-13-22-37(51(42)55-52(45)41-21-8-7-18-38(41)48)33-26-29-50-44(30-33)40-20-10-12-25-49(40)56-50/h1-32H. The second-order valence-electron chi connectivity index (χ2n) is 14.5. The SMILES string of the molecule is c1ccc(N(c2ccc3c(c2)c2ccccc2n3-c2ccccc2)c2cc3c4cccc(-c5ccc6sc7ccccc7c6c5)c4oc3c3ccccc23)cc1. The fraction of sp³-hybridized carbons (Fsp3) is 0. The molecule has 4 heteroatoms. The number of hydrogen-bond acceptors (Lipinski definition) is 3. The maximum Gasteiger partial charge on any atom is 0.143 e. The van der Waals surface area contributed by atoms with Crippen LogP contribution < -0.4 is 4.90 Å². The summed E-state index contributed by atoms with van der Waals surface area (Å²) in [7, 11) is 0. The number of anilines is 3. The average Bonchev–Trinajstić information content (AvgIpc) is 3.94. The van der Waals surface area contributed by atoms with Crippen LogP contribution in [0.15, 0.2) is 199 Å². The Labute approximate surface area is 326 Å². The fourth-order valence-electron chi connectivity index (χ4n) is 8.87. The van der Waals surface area contributed by atoms with Crippen LogP contribution in [-0.2, 0) is 0 Å². The molecule has 0 bridgehead atoms. The number of rotatable bonds is 5. The van der Waals surface area contributed by atoms with Crippen molar-refractivity contribution in [2.45, 2.75) is 0 Å². The van der Waals surface area contributed by atoms with E-state index in [1.165, 1.54) is 42.0 Å². The Morgan fingerprint density at radius 3 is 1.91 bits per heavy atom. The van der Waals surface area contributed by atoms with Crippen LogP contribution in [0.5, 0.6) is 0 Å². The molecular weight excluding hydrogens is 701 g/mol. The Kier molecular flexibility index (Phi) is 6.80. The molecule has 0 fully saturated rings. The van der Waals surface area contributed by atoms with Gasteiger partial charge in [-0.1, -0.05) is 121 Å². The first-order chi connectivity index (χ1) is 27.8. The van der Waals surface area contributed by atoms with E-state index in [9.17, 15) is 0 Å². The number of aromatic nitrogens is 1. The Morgan fingerprint density at radius 2 is 1.05 bits per heavy atom. The third kappa shape index (κ3) is 4.63. The van der Waals surface area contributed by atoms with E-state index >= 15 is 0 Å². The molecule has 0 N–H and O–H groups in total. The summed E-state index contributed by atoms with van der Waals surface area (Å²) in [5.41, 5.74) is 10.9. The number of nitrogens with zero attached hydrogens (tertiary/aromatic N) is 2. The topological polar surface area (TPSA) is 21.3 Å². The molecule has 12 aromatic rings. The van der Waals surface area contributed by atoms with Gasteiger partial charge in [0.2, 0.25) is 0 Å². The third-order valence-electron chi connectivity index (χ3n) is 11.4. The number of thiophene rings is 1. The molecule has 262 valence electrons. The van der Waals surface area contributed by atoms with Crippen molar-refractivity contribution in [2.75, 3.05) is 4.90 Å². The number of para-hydroxylation sites is 4. The van der Waals surface area contributed by atoms with Crippen molar-refractivity contribution in [3.05, 3.63) is 194 Å². The van der Waals surface area contributed by atoms with Gasteiger partial charge in [0, 0.05) is 75.1 Å². The minimum Gasteiger partial charge on any atom is -0.455 e. The molecular formula is C52H32N2OS. The van der Waals surface area contributed by atoms with Crippen LogP contribution in [0.2, 0.25) is 0 Å². The number of benzene rings is 9. The second-order valence-corrected chi connectivity index (χ2v) is 15.6. The van der Waals surface area contributed by atoms with Gasteiger partial charge in [-0.3, -0.25) is 0 Å². The molecule has 0 saturated carbocycles. The summed E-state index contributed by atoms with van der Waals surface area (Å²) in [6.45, 7) is 0. The van der Waals surface area contributed by atoms with Gasteiger partial charge >= 0.3 is 0 Å². The van der Waals surface area contributed by atoms with Gasteiger partial charge in [0.1, 0.15) is 11.2 Å². The van der Waals surface area contributed by atoms with Crippen molar-refractivity contribution in [2.24, 2.45) is 0 Å². The summed E-state index contributed by atoms with van der Waals surface area (Å²) in [5.74, 6) is 0. The lowest BCUT2D eigenvalue weighted by molar-refractivity contribution is 0.674. The minimum atomic E-state index is 0.906. The summed E-state index contributed by atoms with van der Waals surface area (Å²) in [6.07, 6.45) is 0. The summed E-state index contributed by atoms with van der Waals surface area (Å²) >= 11 is 1.85. The van der Waals surface area contributed by atoms with Crippen molar-refractivity contribution in [3.63, 3.8) is 0 Å². The van der Waals surface area contributed by atoms with Crippen LogP contribution in [0.4, 0.5) is 17.1 Å². The molecule has 56 heavy (non-hydrogen) atoms. The van der Waals surface area contributed by atoms with Gasteiger partial charge in [0.15, 0.2) is 0 Å². The minimum absolute atomic E-state index is 0.906. The molecule has 0 unspecified atom stereocenters. The Morgan fingerprint density at radius 1 is 0.393 bits per heavy atom. The first kappa shape index (κ1) is 31.2. The highest BCUT2D eigenvalue weighted by Gasteiger charge is 2.23. The van der Waals surface area contributed by atoms with Crippen molar-refractivity contribution in [1.82, 2.24) is 4.57 Å². The summed E-state index contributed by atoms with van der Waals surface area (Å²) in [5, 5.41) is 9.43. The molecule has 12 rings (SSSR count). The fourth-order valence-corrected chi connectivity index (χ4v) is 9.95. The van der Waals surface area contributed by atoms with Crippen LogP contribution in [-0.4, -0.2) is 4.57 Å². The highest BCUT2D eigenvalue weighted by molar-refractivity contribution is 7.25. The second kappa shape index (κ2) is 12.2. The van der Waals surface area contributed by atoms with Gasteiger partial charge in [0.25, 0.3) is 0 Å². The van der Waals surface area contributed by atoms with E-state index in [1.54, 1.807) is 0 Å². The van der Waals surface area contributed by atoms with Crippen LogP contribution in [0, 0.1) is 0 Å². The predicted octanol–water partition coefficient (Wildman–Crippen LogP) is 15.3. The largest absolute Gasteiger partial charge is 0.455 e. The average molecular weight is 733 g/mol. The van der Waals surface area contributed by atoms with E-state index in [0.717, 1.165) is 66.6 Å². The zero-order valence-electron chi connectivity index (χ0n) is 30.2. The Balaban J connectivity index is 1.10. The first-order valence-electron chi connectivity index (χ1n) is 19.0. The van der Waals surface area contributed by atoms with E-state index in [1.807, 2.05) is 11.3 Å². The van der Waals surface area contributed by atoms with E-state index in [-0.39, 0.29) is 0 Å². The van der Waals surface area contributed by atoms with Crippen molar-refractivity contribution < 1.29 is 4.42 Å². The molecule has 0 aliphatic carbocycles. The summed E-state index contributed by atoms with van der Waals surface area (Å²) in [4.78, 5) is 2.41. The molecule has 3 nitrogen and oxygen atoms in total. The van der Waals surface area contributed by atoms with Gasteiger partial charge in [-0.25, -0.2) is 0 Å². The van der Waals surface area contributed by atoms with Gasteiger partial charge in [-0.2, -0.15) is 0 Å². The molecule has 0 saturated heterocycles.